The highest BCUT2D eigenvalue weighted by Crippen LogP contribution is 2.31. The number of carbonyl (C=O) groups excluding carboxylic acids is 2. The number of hydrogen-bond donors (Lipinski definition) is 2. The van der Waals surface area contributed by atoms with Gasteiger partial charge in [-0.05, 0) is 43.5 Å². The summed E-state index contributed by atoms with van der Waals surface area (Å²) in [5.74, 6) is 1.01. The number of hydrogen-bond acceptors (Lipinski definition) is 5. The van der Waals surface area contributed by atoms with Crippen LogP contribution in [-0.2, 0) is 9.53 Å². The number of ether oxygens (including phenoxy) is 3. The molecule has 1 heterocycles. The van der Waals surface area contributed by atoms with Gasteiger partial charge < -0.3 is 19.5 Å². The molecule has 4 rings (SSSR count). The van der Waals surface area contributed by atoms with Crippen molar-refractivity contribution in [3.63, 3.8) is 0 Å². The third kappa shape index (κ3) is 4.99. The molecular weight excluding hydrogens is 372 g/mol. The van der Waals surface area contributed by atoms with E-state index in [1.165, 1.54) is 0 Å². The van der Waals surface area contributed by atoms with Crippen LogP contribution in [-0.4, -0.2) is 36.9 Å². The van der Waals surface area contributed by atoms with Gasteiger partial charge in [-0.25, -0.2) is 4.79 Å². The quantitative estimate of drug-likeness (QED) is 0.826. The molecule has 0 radical (unpaired) electrons. The fourth-order valence-corrected chi connectivity index (χ4v) is 3.65. The molecule has 1 aliphatic heterocycles. The number of benzene rings is 2. The van der Waals surface area contributed by atoms with Crippen LogP contribution in [0.4, 0.5) is 10.5 Å². The summed E-state index contributed by atoms with van der Waals surface area (Å²) in [5, 5.41) is 5.74. The van der Waals surface area contributed by atoms with E-state index in [4.69, 9.17) is 14.2 Å². The van der Waals surface area contributed by atoms with Crippen molar-refractivity contribution in [2.75, 3.05) is 11.9 Å². The summed E-state index contributed by atoms with van der Waals surface area (Å²) < 4.78 is 16.9. The molecule has 7 nitrogen and oxygen atoms in total. The van der Waals surface area contributed by atoms with Crippen LogP contribution in [0.5, 0.6) is 11.5 Å². The van der Waals surface area contributed by atoms with Crippen molar-refractivity contribution in [3.8, 4) is 11.5 Å². The van der Waals surface area contributed by atoms with Gasteiger partial charge >= 0.3 is 6.09 Å². The molecule has 0 aromatic heterocycles. The molecule has 2 aromatic rings. The largest absolute Gasteiger partial charge is 0.485 e. The summed E-state index contributed by atoms with van der Waals surface area (Å²) in [4.78, 5) is 24.7. The van der Waals surface area contributed by atoms with E-state index in [2.05, 4.69) is 10.6 Å². The number of amides is 2. The fraction of sp³-hybridized carbons (Fsp3) is 0.364. The molecule has 0 saturated heterocycles. The molecule has 152 valence electrons. The molecule has 1 fully saturated rings. The summed E-state index contributed by atoms with van der Waals surface area (Å²) in [6, 6.07) is 16.4. The Morgan fingerprint density at radius 1 is 0.966 bits per heavy atom. The number of carbonyl (C=O) groups is 2. The minimum atomic E-state index is -0.687. The molecule has 2 amide bonds. The van der Waals surface area contributed by atoms with Gasteiger partial charge in [0, 0.05) is 18.2 Å². The van der Waals surface area contributed by atoms with Crippen LogP contribution in [0, 0.1) is 0 Å². The van der Waals surface area contributed by atoms with Crippen molar-refractivity contribution in [2.45, 2.75) is 43.9 Å². The van der Waals surface area contributed by atoms with Crippen molar-refractivity contribution in [3.05, 3.63) is 54.6 Å². The van der Waals surface area contributed by atoms with Gasteiger partial charge in [-0.1, -0.05) is 30.3 Å². The predicted octanol–water partition coefficient (Wildman–Crippen LogP) is 3.50. The highest BCUT2D eigenvalue weighted by molar-refractivity contribution is 5.84. The molecule has 1 saturated carbocycles. The number of fused-ring (bicyclic) bond motifs is 1. The molecule has 2 aromatic carbocycles. The average Bonchev–Trinajstić information content (AvgIpc) is 2.74. The van der Waals surface area contributed by atoms with Crippen LogP contribution < -0.4 is 20.1 Å². The summed E-state index contributed by atoms with van der Waals surface area (Å²) in [7, 11) is 0. The van der Waals surface area contributed by atoms with E-state index >= 15 is 0 Å². The first-order valence-corrected chi connectivity index (χ1v) is 9.89. The molecule has 29 heavy (non-hydrogen) atoms. The lowest BCUT2D eigenvalue weighted by molar-refractivity contribution is -0.131. The van der Waals surface area contributed by atoms with E-state index in [0.717, 1.165) is 19.3 Å². The Kier molecular flexibility index (Phi) is 5.84. The van der Waals surface area contributed by atoms with Crippen LogP contribution in [0.1, 0.15) is 25.7 Å². The molecule has 0 spiro atoms. The Morgan fingerprint density at radius 2 is 1.72 bits per heavy atom. The summed E-state index contributed by atoms with van der Waals surface area (Å²) in [6.45, 7) is 0.176. The predicted molar refractivity (Wildman–Crippen MR) is 107 cm³/mol. The SMILES string of the molecule is O=C(Nc1ccccc1)O[C@@H]1CCC[C@@H](NC(=O)[C@H]2COc3ccccc3O2)C1. The monoisotopic (exact) mass is 396 g/mol. The second-order valence-corrected chi connectivity index (χ2v) is 7.25. The Bertz CT molecular complexity index is 857. The number of para-hydroxylation sites is 3. The van der Waals surface area contributed by atoms with E-state index in [0.29, 0.717) is 23.6 Å². The van der Waals surface area contributed by atoms with Gasteiger partial charge in [0.25, 0.3) is 5.91 Å². The van der Waals surface area contributed by atoms with Gasteiger partial charge in [0.2, 0.25) is 6.10 Å². The van der Waals surface area contributed by atoms with Crippen molar-refractivity contribution >= 4 is 17.7 Å². The number of anilines is 1. The van der Waals surface area contributed by atoms with Crippen molar-refractivity contribution in [1.82, 2.24) is 5.32 Å². The van der Waals surface area contributed by atoms with Gasteiger partial charge in [-0.3, -0.25) is 10.1 Å². The molecular formula is C22H24N2O5. The van der Waals surface area contributed by atoms with E-state index in [-0.39, 0.29) is 24.7 Å². The third-order valence-corrected chi connectivity index (χ3v) is 5.07. The maximum absolute atomic E-state index is 12.6. The normalized spacial score (nSPS) is 23.0. The topological polar surface area (TPSA) is 85.9 Å². The van der Waals surface area contributed by atoms with Crippen LogP contribution in [0.2, 0.25) is 0 Å². The highest BCUT2D eigenvalue weighted by Gasteiger charge is 2.31. The Labute approximate surface area is 169 Å². The first kappa shape index (κ1) is 19.1. The smallest absolute Gasteiger partial charge is 0.411 e. The first-order valence-electron chi connectivity index (χ1n) is 9.89. The molecule has 0 bridgehead atoms. The zero-order valence-corrected chi connectivity index (χ0v) is 16.0. The zero-order valence-electron chi connectivity index (χ0n) is 16.0. The van der Waals surface area contributed by atoms with Gasteiger partial charge in [0.05, 0.1) is 0 Å². The van der Waals surface area contributed by atoms with E-state index < -0.39 is 12.2 Å². The minimum absolute atomic E-state index is 0.0634. The van der Waals surface area contributed by atoms with E-state index in [1.54, 1.807) is 18.2 Å². The van der Waals surface area contributed by atoms with Gasteiger partial charge in [-0.2, -0.15) is 0 Å². The van der Waals surface area contributed by atoms with Gasteiger partial charge in [-0.15, -0.1) is 0 Å². The molecule has 3 atom stereocenters. The number of nitrogens with one attached hydrogen (secondary N) is 2. The molecule has 2 aliphatic rings. The first-order chi connectivity index (χ1) is 14.2. The Morgan fingerprint density at radius 3 is 2.55 bits per heavy atom. The second kappa shape index (κ2) is 8.86. The summed E-state index contributed by atoms with van der Waals surface area (Å²) in [6.07, 6.45) is 1.68. The Hall–Kier alpha value is -3.22. The lowest BCUT2D eigenvalue weighted by atomic mass is 9.92. The third-order valence-electron chi connectivity index (χ3n) is 5.07. The highest BCUT2D eigenvalue weighted by atomic mass is 16.6. The maximum Gasteiger partial charge on any atom is 0.411 e. The van der Waals surface area contributed by atoms with Crippen LogP contribution in [0.3, 0.4) is 0 Å². The average molecular weight is 396 g/mol. The Balaban J connectivity index is 1.26. The van der Waals surface area contributed by atoms with Crippen LogP contribution in [0.25, 0.3) is 0 Å². The lowest BCUT2D eigenvalue weighted by Crippen LogP contribution is -2.49. The van der Waals surface area contributed by atoms with Crippen molar-refractivity contribution in [2.24, 2.45) is 0 Å². The number of rotatable bonds is 4. The molecule has 1 aliphatic carbocycles. The standard InChI is InChI=1S/C22H24N2O5/c25-21(20-14-27-18-11-4-5-12-19(18)29-20)23-16-9-6-10-17(13-16)28-22(26)24-15-7-2-1-3-8-15/h1-5,7-8,11-12,16-17,20H,6,9-10,13-14H2,(H,23,25)(H,24,26)/t16-,17-,20-/m1/s1. The minimum Gasteiger partial charge on any atom is -0.485 e. The second-order valence-electron chi connectivity index (χ2n) is 7.25. The lowest BCUT2D eigenvalue weighted by Gasteiger charge is -2.31. The van der Waals surface area contributed by atoms with E-state index in [9.17, 15) is 9.59 Å². The molecule has 7 heteroatoms. The summed E-state index contributed by atoms with van der Waals surface area (Å²) in [5.41, 5.74) is 0.688. The van der Waals surface area contributed by atoms with Crippen LogP contribution >= 0.6 is 0 Å². The maximum atomic E-state index is 12.6. The van der Waals surface area contributed by atoms with E-state index in [1.807, 2.05) is 36.4 Å². The van der Waals surface area contributed by atoms with Crippen LogP contribution in [0.15, 0.2) is 54.6 Å². The van der Waals surface area contributed by atoms with Gasteiger partial charge in [0.15, 0.2) is 11.5 Å². The van der Waals surface area contributed by atoms with Crippen molar-refractivity contribution in [1.29, 1.82) is 0 Å². The molecule has 0 unspecified atom stereocenters. The van der Waals surface area contributed by atoms with Crippen molar-refractivity contribution < 1.29 is 23.8 Å². The summed E-state index contributed by atoms with van der Waals surface area (Å²) >= 11 is 0. The molecule has 2 N–H and O–H groups in total. The zero-order chi connectivity index (χ0) is 20.1. The van der Waals surface area contributed by atoms with Gasteiger partial charge in [0.1, 0.15) is 12.7 Å². The fourth-order valence-electron chi connectivity index (χ4n) is 3.65.